The molecule has 1 saturated carbocycles. The molecule has 3 nitrogen and oxygen atoms in total. The number of ether oxygens (including phenoxy) is 1. The molecule has 1 fully saturated rings. The summed E-state index contributed by atoms with van der Waals surface area (Å²) in [5.74, 6) is 0.502. The summed E-state index contributed by atoms with van der Waals surface area (Å²) in [4.78, 5) is 0. The molecule has 0 heterocycles. The third-order valence-corrected chi connectivity index (χ3v) is 6.33. The molecule has 0 aromatic heterocycles. The number of aliphatic hydroxyl groups excluding tert-OH is 1. The Bertz CT molecular complexity index is 627. The SMILES string of the molecule is CCC/C=C\CCCO[C@H]1CCc2cc([C@H]3CC[C@](N)(CO)C3)ccc2C1. The second-order valence-electron chi connectivity index (χ2n) is 8.63. The summed E-state index contributed by atoms with van der Waals surface area (Å²) >= 11 is 0. The smallest absolute Gasteiger partial charge is 0.0618 e. The van der Waals surface area contributed by atoms with Crippen LogP contribution in [0.4, 0.5) is 0 Å². The van der Waals surface area contributed by atoms with E-state index in [0.717, 1.165) is 58.0 Å². The van der Waals surface area contributed by atoms with Crippen molar-refractivity contribution in [1.29, 1.82) is 0 Å². The molecule has 150 valence electrons. The molecule has 0 unspecified atom stereocenters. The topological polar surface area (TPSA) is 55.5 Å². The molecule has 3 atom stereocenters. The standard InChI is InChI=1S/C24H37NO2/c1-2-3-4-5-6-7-14-27-23-11-10-19-15-20(8-9-21(19)16-23)22-12-13-24(25,17-22)18-26/h4-5,8-9,15,22-23,26H,2-3,6-7,10-14,16-18,25H2,1H3/b5-4-/t22-,23-,24+/m0/s1. The van der Waals surface area contributed by atoms with Crippen LogP contribution in [0.25, 0.3) is 0 Å². The van der Waals surface area contributed by atoms with Crippen LogP contribution in [0.1, 0.15) is 80.9 Å². The van der Waals surface area contributed by atoms with Gasteiger partial charge in [-0.1, -0.05) is 43.7 Å². The highest BCUT2D eigenvalue weighted by Gasteiger charge is 2.36. The van der Waals surface area contributed by atoms with Gasteiger partial charge in [0, 0.05) is 12.1 Å². The highest BCUT2D eigenvalue weighted by molar-refractivity contribution is 5.36. The van der Waals surface area contributed by atoms with Crippen molar-refractivity contribution in [1.82, 2.24) is 0 Å². The molecular formula is C24H37NO2. The number of rotatable bonds is 9. The normalized spacial score (nSPS) is 28.0. The van der Waals surface area contributed by atoms with Crippen LogP contribution >= 0.6 is 0 Å². The molecule has 3 rings (SSSR count). The minimum Gasteiger partial charge on any atom is -0.394 e. The van der Waals surface area contributed by atoms with Crippen LogP contribution in [0, 0.1) is 0 Å². The monoisotopic (exact) mass is 371 g/mol. The van der Waals surface area contributed by atoms with E-state index < -0.39 is 0 Å². The van der Waals surface area contributed by atoms with Gasteiger partial charge < -0.3 is 15.6 Å². The first kappa shape index (κ1) is 20.6. The van der Waals surface area contributed by atoms with Crippen LogP contribution in [-0.2, 0) is 17.6 Å². The Morgan fingerprint density at radius 2 is 2.07 bits per heavy atom. The van der Waals surface area contributed by atoms with E-state index in [4.69, 9.17) is 10.5 Å². The van der Waals surface area contributed by atoms with Crippen molar-refractivity contribution < 1.29 is 9.84 Å². The maximum atomic E-state index is 9.51. The lowest BCUT2D eigenvalue weighted by atomic mass is 9.85. The van der Waals surface area contributed by atoms with Gasteiger partial charge in [0.1, 0.15) is 0 Å². The zero-order valence-corrected chi connectivity index (χ0v) is 17.0. The summed E-state index contributed by atoms with van der Waals surface area (Å²) in [5, 5.41) is 9.51. The van der Waals surface area contributed by atoms with Crippen molar-refractivity contribution in [3.63, 3.8) is 0 Å². The van der Waals surface area contributed by atoms with Crippen LogP contribution in [0.15, 0.2) is 30.4 Å². The zero-order chi connectivity index (χ0) is 19.1. The summed E-state index contributed by atoms with van der Waals surface area (Å²) in [7, 11) is 0. The van der Waals surface area contributed by atoms with Gasteiger partial charge in [0.15, 0.2) is 0 Å². The molecule has 2 aliphatic carbocycles. The first-order chi connectivity index (χ1) is 13.1. The van der Waals surface area contributed by atoms with Crippen LogP contribution < -0.4 is 5.73 Å². The molecule has 1 aromatic carbocycles. The second kappa shape index (κ2) is 9.86. The molecule has 3 N–H and O–H groups in total. The van der Waals surface area contributed by atoms with Crippen LogP contribution in [0.5, 0.6) is 0 Å². The van der Waals surface area contributed by atoms with Crippen molar-refractivity contribution in [2.24, 2.45) is 5.73 Å². The second-order valence-corrected chi connectivity index (χ2v) is 8.63. The van der Waals surface area contributed by atoms with E-state index in [1.54, 1.807) is 0 Å². The minimum absolute atomic E-state index is 0.0991. The van der Waals surface area contributed by atoms with Crippen LogP contribution in [0.2, 0.25) is 0 Å². The summed E-state index contributed by atoms with van der Waals surface area (Å²) in [5.41, 5.74) is 10.3. The summed E-state index contributed by atoms with van der Waals surface area (Å²) in [6.45, 7) is 3.18. The summed E-state index contributed by atoms with van der Waals surface area (Å²) < 4.78 is 6.14. The Hall–Kier alpha value is -1.16. The molecule has 0 saturated heterocycles. The van der Waals surface area contributed by atoms with Crippen molar-refractivity contribution in [2.45, 2.75) is 88.7 Å². The average molecular weight is 372 g/mol. The van der Waals surface area contributed by atoms with Gasteiger partial charge in [-0.3, -0.25) is 0 Å². The Labute approximate surface area is 165 Å². The third-order valence-electron chi connectivity index (χ3n) is 6.33. The Morgan fingerprint density at radius 1 is 1.22 bits per heavy atom. The average Bonchev–Trinajstić information content (AvgIpc) is 3.10. The van der Waals surface area contributed by atoms with Gasteiger partial charge in [0.05, 0.1) is 12.7 Å². The van der Waals surface area contributed by atoms with Crippen molar-refractivity contribution >= 4 is 0 Å². The molecular weight excluding hydrogens is 334 g/mol. The highest BCUT2D eigenvalue weighted by Crippen LogP contribution is 2.40. The molecule has 1 aromatic rings. The molecule has 0 radical (unpaired) electrons. The number of aryl methyl sites for hydroxylation is 1. The zero-order valence-electron chi connectivity index (χ0n) is 17.0. The number of fused-ring (bicyclic) bond motifs is 1. The molecule has 0 amide bonds. The maximum absolute atomic E-state index is 9.51. The van der Waals surface area contributed by atoms with Gasteiger partial charge in [-0.2, -0.15) is 0 Å². The Kier molecular flexibility index (Phi) is 7.51. The van der Waals surface area contributed by atoms with Gasteiger partial charge in [0.25, 0.3) is 0 Å². The molecule has 0 spiro atoms. The number of hydrogen-bond donors (Lipinski definition) is 2. The number of nitrogens with two attached hydrogens (primary N) is 1. The number of unbranched alkanes of at least 4 members (excludes halogenated alkanes) is 2. The van der Waals surface area contributed by atoms with E-state index in [2.05, 4.69) is 37.3 Å². The third kappa shape index (κ3) is 5.66. The lowest BCUT2D eigenvalue weighted by molar-refractivity contribution is 0.0431. The highest BCUT2D eigenvalue weighted by atomic mass is 16.5. The first-order valence-corrected chi connectivity index (χ1v) is 10.9. The van der Waals surface area contributed by atoms with E-state index in [9.17, 15) is 5.11 Å². The van der Waals surface area contributed by atoms with Gasteiger partial charge in [-0.25, -0.2) is 0 Å². The molecule has 27 heavy (non-hydrogen) atoms. The minimum atomic E-state index is -0.370. The summed E-state index contributed by atoms with van der Waals surface area (Å²) in [6, 6.07) is 6.99. The van der Waals surface area contributed by atoms with Gasteiger partial charge in [-0.05, 0) is 80.4 Å². The van der Waals surface area contributed by atoms with Gasteiger partial charge >= 0.3 is 0 Å². The molecule has 3 heteroatoms. The van der Waals surface area contributed by atoms with E-state index in [1.807, 2.05) is 0 Å². The molecule has 0 aliphatic heterocycles. The molecule has 2 aliphatic rings. The van der Waals surface area contributed by atoms with Gasteiger partial charge in [-0.15, -0.1) is 0 Å². The van der Waals surface area contributed by atoms with Crippen LogP contribution in [0.3, 0.4) is 0 Å². The van der Waals surface area contributed by atoms with Crippen molar-refractivity contribution in [3.05, 3.63) is 47.0 Å². The number of allylic oxidation sites excluding steroid dienone is 2. The predicted octanol–water partition coefficient (Wildman–Crippen LogP) is 4.65. The number of hydrogen-bond acceptors (Lipinski definition) is 3. The maximum Gasteiger partial charge on any atom is 0.0618 e. The fourth-order valence-corrected chi connectivity index (χ4v) is 4.58. The van der Waals surface area contributed by atoms with Gasteiger partial charge in [0.2, 0.25) is 0 Å². The van der Waals surface area contributed by atoms with Crippen molar-refractivity contribution in [2.75, 3.05) is 13.2 Å². The van der Waals surface area contributed by atoms with E-state index in [0.29, 0.717) is 12.0 Å². The number of aliphatic hydroxyl groups is 1. The van der Waals surface area contributed by atoms with E-state index in [1.165, 1.54) is 29.5 Å². The van der Waals surface area contributed by atoms with Crippen molar-refractivity contribution in [3.8, 4) is 0 Å². The lowest BCUT2D eigenvalue weighted by Crippen LogP contribution is -2.40. The number of benzene rings is 1. The quantitative estimate of drug-likeness (QED) is 0.490. The fourth-order valence-electron chi connectivity index (χ4n) is 4.58. The summed E-state index contributed by atoms with van der Waals surface area (Å²) in [6.07, 6.45) is 15.8. The largest absolute Gasteiger partial charge is 0.394 e. The van der Waals surface area contributed by atoms with E-state index in [-0.39, 0.29) is 12.1 Å². The first-order valence-electron chi connectivity index (χ1n) is 10.9. The van der Waals surface area contributed by atoms with Crippen LogP contribution in [-0.4, -0.2) is 30.0 Å². The Morgan fingerprint density at radius 3 is 2.85 bits per heavy atom. The lowest BCUT2D eigenvalue weighted by Gasteiger charge is -2.26. The fraction of sp³-hybridized carbons (Fsp3) is 0.667. The molecule has 0 bridgehead atoms. The Balaban J connectivity index is 1.47. The predicted molar refractivity (Wildman–Crippen MR) is 112 cm³/mol. The van der Waals surface area contributed by atoms with E-state index >= 15 is 0 Å².